The molecule has 31 heavy (non-hydrogen) atoms. The van der Waals surface area contributed by atoms with Crippen LogP contribution >= 0.6 is 0 Å². The highest BCUT2D eigenvalue weighted by molar-refractivity contribution is 6.39. The third-order valence-electron chi connectivity index (χ3n) is 4.90. The second-order valence-corrected chi connectivity index (χ2v) is 7.02. The van der Waals surface area contributed by atoms with E-state index in [4.69, 9.17) is 4.74 Å². The topological polar surface area (TPSA) is 88.5 Å². The first-order valence-electron chi connectivity index (χ1n) is 9.90. The van der Waals surface area contributed by atoms with Crippen molar-refractivity contribution < 1.29 is 18.7 Å². The average molecular weight is 423 g/mol. The summed E-state index contributed by atoms with van der Waals surface area (Å²) in [5.74, 6) is -2.13. The lowest BCUT2D eigenvalue weighted by Crippen LogP contribution is -2.37. The number of nitrogens with one attached hydrogen (secondary N) is 2. The largest absolute Gasteiger partial charge is 0.378 e. The molecule has 1 aliphatic heterocycles. The molecule has 0 bridgehead atoms. The molecule has 0 unspecified atom stereocenters. The van der Waals surface area contributed by atoms with Crippen molar-refractivity contribution in [1.29, 1.82) is 0 Å². The Kier molecular flexibility index (Phi) is 6.23. The fourth-order valence-corrected chi connectivity index (χ4v) is 3.33. The van der Waals surface area contributed by atoms with Gasteiger partial charge in [0.2, 0.25) is 0 Å². The number of amides is 2. The number of ether oxygens (including phenoxy) is 1. The number of aromatic nitrogens is 2. The van der Waals surface area contributed by atoms with Gasteiger partial charge in [-0.3, -0.25) is 9.59 Å². The van der Waals surface area contributed by atoms with Crippen LogP contribution in [-0.4, -0.2) is 47.9 Å². The van der Waals surface area contributed by atoms with Gasteiger partial charge >= 0.3 is 11.8 Å². The Hall–Kier alpha value is -3.72. The summed E-state index contributed by atoms with van der Waals surface area (Å²) in [7, 11) is 0. The third kappa shape index (κ3) is 5.07. The summed E-state index contributed by atoms with van der Waals surface area (Å²) in [6.45, 7) is 2.47. The molecule has 2 heterocycles. The Balaban J connectivity index is 1.33. The second kappa shape index (κ2) is 9.40. The third-order valence-corrected chi connectivity index (χ3v) is 4.90. The Morgan fingerprint density at radius 3 is 2.65 bits per heavy atom. The zero-order valence-electron chi connectivity index (χ0n) is 16.8. The maximum atomic E-state index is 14.5. The predicted molar refractivity (Wildman–Crippen MR) is 113 cm³/mol. The molecule has 2 N–H and O–H groups in total. The van der Waals surface area contributed by atoms with Gasteiger partial charge in [-0.15, -0.1) is 0 Å². The molecule has 1 aliphatic rings. The van der Waals surface area contributed by atoms with Gasteiger partial charge in [-0.05, 0) is 42.0 Å². The number of morpholine rings is 1. The maximum absolute atomic E-state index is 14.5. The summed E-state index contributed by atoms with van der Waals surface area (Å²) in [6.07, 6.45) is 3.49. The Morgan fingerprint density at radius 2 is 1.90 bits per heavy atom. The van der Waals surface area contributed by atoms with Crippen LogP contribution in [0.4, 0.5) is 15.8 Å². The van der Waals surface area contributed by atoms with E-state index in [1.54, 1.807) is 23.0 Å². The number of rotatable bonds is 5. The van der Waals surface area contributed by atoms with Gasteiger partial charge in [0, 0.05) is 37.7 Å². The SMILES string of the molecule is O=C(NCc1cccc(-n2cccn2)c1)C(=O)Nc1ccc(N2CCOCC2)c(F)c1. The number of hydrogen-bond donors (Lipinski definition) is 2. The molecular weight excluding hydrogens is 401 g/mol. The number of nitrogens with zero attached hydrogens (tertiary/aromatic N) is 3. The van der Waals surface area contributed by atoms with Crippen LogP contribution in [0.1, 0.15) is 5.56 Å². The first kappa shape index (κ1) is 20.5. The molecular formula is C22H22FN5O3. The van der Waals surface area contributed by atoms with Crippen molar-refractivity contribution in [2.75, 3.05) is 36.5 Å². The summed E-state index contributed by atoms with van der Waals surface area (Å²) < 4.78 is 21.4. The van der Waals surface area contributed by atoms with Gasteiger partial charge in [0.1, 0.15) is 5.82 Å². The van der Waals surface area contributed by atoms with Gasteiger partial charge in [0.05, 0.1) is 24.6 Å². The molecule has 0 atom stereocenters. The normalized spacial score (nSPS) is 13.6. The summed E-state index contributed by atoms with van der Waals surface area (Å²) in [6, 6.07) is 13.6. The summed E-state index contributed by atoms with van der Waals surface area (Å²) in [4.78, 5) is 26.3. The first-order chi connectivity index (χ1) is 15.1. The van der Waals surface area contributed by atoms with Gasteiger partial charge in [0.15, 0.2) is 0 Å². The second-order valence-electron chi connectivity index (χ2n) is 7.02. The molecule has 8 nitrogen and oxygen atoms in total. The van der Waals surface area contributed by atoms with Crippen molar-refractivity contribution in [2.45, 2.75) is 6.54 Å². The highest BCUT2D eigenvalue weighted by Gasteiger charge is 2.18. The van der Waals surface area contributed by atoms with Crippen LogP contribution in [0.25, 0.3) is 5.69 Å². The van der Waals surface area contributed by atoms with Crippen LogP contribution in [0, 0.1) is 5.82 Å². The molecule has 160 valence electrons. The first-order valence-corrected chi connectivity index (χ1v) is 9.90. The minimum atomic E-state index is -0.859. The molecule has 4 rings (SSSR count). The molecule has 0 aliphatic carbocycles. The zero-order valence-corrected chi connectivity index (χ0v) is 16.8. The fraction of sp³-hybridized carbons (Fsp3) is 0.227. The van der Waals surface area contributed by atoms with Gasteiger partial charge in [0.25, 0.3) is 0 Å². The van der Waals surface area contributed by atoms with Crippen molar-refractivity contribution in [3.05, 3.63) is 72.3 Å². The Labute approximate surface area is 178 Å². The van der Waals surface area contributed by atoms with Crippen LogP contribution in [0.5, 0.6) is 0 Å². The van der Waals surface area contributed by atoms with E-state index in [0.717, 1.165) is 11.3 Å². The van der Waals surface area contributed by atoms with Crippen molar-refractivity contribution in [3.63, 3.8) is 0 Å². The average Bonchev–Trinajstić information content (AvgIpc) is 3.33. The van der Waals surface area contributed by atoms with Gasteiger partial charge < -0.3 is 20.3 Å². The van der Waals surface area contributed by atoms with Crippen molar-refractivity contribution in [3.8, 4) is 5.69 Å². The van der Waals surface area contributed by atoms with Gasteiger partial charge in [-0.25, -0.2) is 9.07 Å². The molecule has 0 saturated carbocycles. The molecule has 2 aromatic carbocycles. The quantitative estimate of drug-likeness (QED) is 0.614. The highest BCUT2D eigenvalue weighted by Crippen LogP contribution is 2.23. The van der Waals surface area contributed by atoms with Crippen LogP contribution in [-0.2, 0) is 20.9 Å². The minimum absolute atomic E-state index is 0.172. The van der Waals surface area contributed by atoms with Crippen LogP contribution in [0.3, 0.4) is 0 Å². The zero-order chi connectivity index (χ0) is 21.6. The van der Waals surface area contributed by atoms with Crippen molar-refractivity contribution in [1.82, 2.24) is 15.1 Å². The van der Waals surface area contributed by atoms with E-state index in [0.29, 0.717) is 32.0 Å². The molecule has 0 spiro atoms. The molecule has 9 heteroatoms. The number of carbonyl (C=O) groups is 2. The van der Waals surface area contributed by atoms with Crippen LogP contribution in [0.15, 0.2) is 60.9 Å². The van der Waals surface area contributed by atoms with E-state index in [-0.39, 0.29) is 12.2 Å². The molecule has 0 radical (unpaired) electrons. The van der Waals surface area contributed by atoms with E-state index < -0.39 is 17.6 Å². The molecule has 1 aromatic heterocycles. The highest BCUT2D eigenvalue weighted by atomic mass is 19.1. The minimum Gasteiger partial charge on any atom is -0.378 e. The Morgan fingerprint density at radius 1 is 1.06 bits per heavy atom. The number of halogens is 1. The number of hydrogen-bond acceptors (Lipinski definition) is 5. The lowest BCUT2D eigenvalue weighted by atomic mass is 10.2. The van der Waals surface area contributed by atoms with Crippen LogP contribution in [0.2, 0.25) is 0 Å². The lowest BCUT2D eigenvalue weighted by molar-refractivity contribution is -0.136. The molecule has 1 fully saturated rings. The number of benzene rings is 2. The predicted octanol–water partition coefficient (Wildman–Crippen LogP) is 2.10. The lowest BCUT2D eigenvalue weighted by Gasteiger charge is -2.29. The number of carbonyl (C=O) groups excluding carboxylic acids is 2. The van der Waals surface area contributed by atoms with Gasteiger partial charge in [-0.2, -0.15) is 5.10 Å². The monoisotopic (exact) mass is 423 g/mol. The molecule has 2 amide bonds. The van der Waals surface area contributed by atoms with E-state index in [9.17, 15) is 14.0 Å². The Bertz CT molecular complexity index is 1060. The number of anilines is 2. The smallest absolute Gasteiger partial charge is 0.313 e. The summed E-state index contributed by atoms with van der Waals surface area (Å²) >= 11 is 0. The van der Waals surface area contributed by atoms with Crippen molar-refractivity contribution in [2.24, 2.45) is 0 Å². The molecule has 1 saturated heterocycles. The van der Waals surface area contributed by atoms with E-state index in [2.05, 4.69) is 15.7 Å². The molecule has 3 aromatic rings. The van der Waals surface area contributed by atoms with Gasteiger partial charge in [-0.1, -0.05) is 12.1 Å². The van der Waals surface area contributed by atoms with E-state index in [1.165, 1.54) is 6.07 Å². The summed E-state index contributed by atoms with van der Waals surface area (Å²) in [5.41, 5.74) is 2.32. The van der Waals surface area contributed by atoms with Crippen LogP contribution < -0.4 is 15.5 Å². The fourth-order valence-electron chi connectivity index (χ4n) is 3.33. The summed E-state index contributed by atoms with van der Waals surface area (Å²) in [5, 5.41) is 9.17. The standard InChI is InChI=1S/C22H22FN5O3/c23-19-14-17(5-6-20(19)27-9-11-31-12-10-27)26-22(30)21(29)24-15-16-3-1-4-18(13-16)28-8-2-7-25-28/h1-8,13-14H,9-12,15H2,(H,24,29)(H,26,30). The van der Waals surface area contributed by atoms with Crippen molar-refractivity contribution >= 4 is 23.2 Å². The van der Waals surface area contributed by atoms with E-state index in [1.807, 2.05) is 41.4 Å². The van der Waals surface area contributed by atoms with E-state index >= 15 is 0 Å². The maximum Gasteiger partial charge on any atom is 0.313 e.